The predicted molar refractivity (Wildman–Crippen MR) is 68.6 cm³/mol. The van der Waals surface area contributed by atoms with E-state index in [1.807, 2.05) is 11.9 Å². The third kappa shape index (κ3) is 3.81. The van der Waals surface area contributed by atoms with Crippen molar-refractivity contribution < 1.29 is 13.9 Å². The highest BCUT2D eigenvalue weighted by Crippen LogP contribution is 2.28. The maximum absolute atomic E-state index is 13.3. The average molecular weight is 251 g/mol. The van der Waals surface area contributed by atoms with Gasteiger partial charge in [0.15, 0.2) is 0 Å². The summed E-state index contributed by atoms with van der Waals surface area (Å²) in [6.45, 7) is 2.14. The normalized spacial score (nSPS) is 14.6. The fourth-order valence-corrected chi connectivity index (χ4v) is 1.75. The molecule has 1 aliphatic carbocycles. The molecule has 1 fully saturated rings. The number of likely N-dealkylation sites (N-methyl/N-ethyl adjacent to an activating group) is 1. The van der Waals surface area contributed by atoms with E-state index >= 15 is 0 Å². The van der Waals surface area contributed by atoms with Crippen molar-refractivity contribution in [3.05, 3.63) is 29.6 Å². The van der Waals surface area contributed by atoms with Gasteiger partial charge in [-0.05, 0) is 37.0 Å². The van der Waals surface area contributed by atoms with E-state index in [0.717, 1.165) is 12.5 Å². The minimum atomic E-state index is -0.389. The Morgan fingerprint density at radius 3 is 2.89 bits per heavy atom. The quantitative estimate of drug-likeness (QED) is 0.551. The first-order valence-electron chi connectivity index (χ1n) is 6.23. The molecule has 0 spiro atoms. The predicted octanol–water partition coefficient (Wildman–Crippen LogP) is 2.50. The highest BCUT2D eigenvalue weighted by molar-refractivity contribution is 5.77. The van der Waals surface area contributed by atoms with Gasteiger partial charge in [0.05, 0.1) is 6.61 Å². The van der Waals surface area contributed by atoms with Crippen molar-refractivity contribution in [1.29, 1.82) is 0 Å². The largest absolute Gasteiger partial charge is 0.379 e. The van der Waals surface area contributed by atoms with Gasteiger partial charge in [-0.15, -0.1) is 0 Å². The molecule has 1 saturated carbocycles. The Kier molecular flexibility index (Phi) is 4.31. The van der Waals surface area contributed by atoms with Crippen molar-refractivity contribution in [2.75, 3.05) is 31.7 Å². The van der Waals surface area contributed by atoms with Crippen molar-refractivity contribution in [2.24, 2.45) is 5.92 Å². The first kappa shape index (κ1) is 13.0. The zero-order chi connectivity index (χ0) is 13.0. The maximum atomic E-state index is 13.3. The topological polar surface area (TPSA) is 29.5 Å². The van der Waals surface area contributed by atoms with Crippen LogP contribution in [0.4, 0.5) is 10.1 Å². The Morgan fingerprint density at radius 2 is 2.22 bits per heavy atom. The minimum Gasteiger partial charge on any atom is -0.379 e. The van der Waals surface area contributed by atoms with E-state index in [1.54, 1.807) is 6.07 Å². The second-order valence-corrected chi connectivity index (χ2v) is 4.80. The Bertz CT molecular complexity index is 418. The Hall–Kier alpha value is -1.42. The van der Waals surface area contributed by atoms with Crippen LogP contribution in [0, 0.1) is 11.7 Å². The summed E-state index contributed by atoms with van der Waals surface area (Å²) in [5.74, 6) is 0.367. The van der Waals surface area contributed by atoms with Crippen molar-refractivity contribution in [2.45, 2.75) is 12.8 Å². The molecule has 0 aromatic heterocycles. The molecule has 1 aliphatic rings. The summed E-state index contributed by atoms with van der Waals surface area (Å²) in [6, 6.07) is 4.33. The highest BCUT2D eigenvalue weighted by atomic mass is 19.1. The number of anilines is 1. The molecule has 0 bridgehead atoms. The van der Waals surface area contributed by atoms with Crippen LogP contribution in [0.3, 0.4) is 0 Å². The number of aldehydes is 1. The fraction of sp³-hybridized carbons (Fsp3) is 0.500. The smallest absolute Gasteiger partial charge is 0.150 e. The Morgan fingerprint density at radius 1 is 1.44 bits per heavy atom. The van der Waals surface area contributed by atoms with Crippen LogP contribution in [0.1, 0.15) is 23.2 Å². The van der Waals surface area contributed by atoms with Crippen molar-refractivity contribution in [3.63, 3.8) is 0 Å². The second-order valence-electron chi connectivity index (χ2n) is 4.80. The average Bonchev–Trinajstić information content (AvgIpc) is 3.17. The molecule has 0 amide bonds. The van der Waals surface area contributed by atoms with E-state index in [-0.39, 0.29) is 5.82 Å². The van der Waals surface area contributed by atoms with Crippen LogP contribution < -0.4 is 4.90 Å². The highest BCUT2D eigenvalue weighted by Gasteiger charge is 2.20. The summed E-state index contributed by atoms with van der Waals surface area (Å²) in [7, 11) is 1.86. The molecule has 0 atom stereocenters. The van der Waals surface area contributed by atoms with Crippen LogP contribution in [0.5, 0.6) is 0 Å². The molecule has 0 N–H and O–H groups in total. The first-order chi connectivity index (χ1) is 8.69. The van der Waals surface area contributed by atoms with Gasteiger partial charge < -0.3 is 9.64 Å². The maximum Gasteiger partial charge on any atom is 0.150 e. The molecule has 0 saturated heterocycles. The third-order valence-electron chi connectivity index (χ3n) is 3.10. The van der Waals surface area contributed by atoms with Gasteiger partial charge in [0.25, 0.3) is 0 Å². The molecule has 0 heterocycles. The third-order valence-corrected chi connectivity index (χ3v) is 3.10. The number of hydrogen-bond acceptors (Lipinski definition) is 3. The number of benzene rings is 1. The lowest BCUT2D eigenvalue weighted by atomic mass is 10.2. The van der Waals surface area contributed by atoms with Crippen LogP contribution >= 0.6 is 0 Å². The summed E-state index contributed by atoms with van der Waals surface area (Å²) < 4.78 is 18.8. The fourth-order valence-electron chi connectivity index (χ4n) is 1.75. The summed E-state index contributed by atoms with van der Waals surface area (Å²) >= 11 is 0. The number of nitrogens with zero attached hydrogens (tertiary/aromatic N) is 1. The number of ether oxygens (including phenoxy) is 1. The summed E-state index contributed by atoms with van der Waals surface area (Å²) in [5, 5.41) is 0. The summed E-state index contributed by atoms with van der Waals surface area (Å²) in [5.41, 5.74) is 1.06. The van der Waals surface area contributed by atoms with E-state index < -0.39 is 0 Å². The minimum absolute atomic E-state index is 0.357. The van der Waals surface area contributed by atoms with Crippen molar-refractivity contribution in [3.8, 4) is 0 Å². The van der Waals surface area contributed by atoms with Gasteiger partial charge in [0.2, 0.25) is 0 Å². The molecule has 98 valence electrons. The van der Waals surface area contributed by atoms with Gasteiger partial charge in [-0.1, -0.05) is 0 Å². The Balaban J connectivity index is 1.84. The van der Waals surface area contributed by atoms with Crippen LogP contribution in [-0.4, -0.2) is 33.1 Å². The van der Waals surface area contributed by atoms with Crippen molar-refractivity contribution in [1.82, 2.24) is 0 Å². The van der Waals surface area contributed by atoms with Gasteiger partial charge in [0, 0.05) is 31.5 Å². The van der Waals surface area contributed by atoms with Crippen LogP contribution in [0.25, 0.3) is 0 Å². The molecular formula is C14H18FNO2. The number of carbonyl (C=O) groups excluding carboxylic acids is 1. The molecule has 1 aromatic carbocycles. The van der Waals surface area contributed by atoms with Gasteiger partial charge in [-0.25, -0.2) is 4.39 Å². The molecule has 0 unspecified atom stereocenters. The Labute approximate surface area is 107 Å². The lowest BCUT2D eigenvalue weighted by Gasteiger charge is -2.19. The molecular weight excluding hydrogens is 233 g/mol. The number of halogens is 1. The molecule has 0 aliphatic heterocycles. The number of rotatable bonds is 7. The second kappa shape index (κ2) is 5.96. The number of carbonyl (C=O) groups is 1. The molecule has 3 nitrogen and oxygen atoms in total. The zero-order valence-electron chi connectivity index (χ0n) is 10.6. The first-order valence-corrected chi connectivity index (χ1v) is 6.23. The zero-order valence-corrected chi connectivity index (χ0v) is 10.6. The van der Waals surface area contributed by atoms with Gasteiger partial charge in [-0.2, -0.15) is 0 Å². The van der Waals surface area contributed by atoms with Crippen LogP contribution in [0.15, 0.2) is 18.2 Å². The SMILES string of the molecule is CN(CCOCC1CC1)c1cc(F)cc(C=O)c1. The van der Waals surface area contributed by atoms with E-state index in [4.69, 9.17) is 4.74 Å². The van der Waals surface area contributed by atoms with E-state index in [2.05, 4.69) is 0 Å². The molecule has 2 rings (SSSR count). The van der Waals surface area contributed by atoms with E-state index in [0.29, 0.717) is 30.7 Å². The lowest BCUT2D eigenvalue weighted by Crippen LogP contribution is -2.23. The molecule has 0 radical (unpaired) electrons. The van der Waals surface area contributed by atoms with Gasteiger partial charge in [0.1, 0.15) is 12.1 Å². The monoisotopic (exact) mass is 251 g/mol. The molecule has 4 heteroatoms. The lowest BCUT2D eigenvalue weighted by molar-refractivity contribution is 0.112. The van der Waals surface area contributed by atoms with Crippen molar-refractivity contribution >= 4 is 12.0 Å². The van der Waals surface area contributed by atoms with Crippen LogP contribution in [-0.2, 0) is 4.74 Å². The van der Waals surface area contributed by atoms with Gasteiger partial charge in [-0.3, -0.25) is 4.79 Å². The van der Waals surface area contributed by atoms with Crippen LogP contribution in [0.2, 0.25) is 0 Å². The standard InChI is InChI=1S/C14H18FNO2/c1-16(4-5-18-10-11-2-3-11)14-7-12(9-17)6-13(15)8-14/h6-9,11H,2-5,10H2,1H3. The summed E-state index contributed by atoms with van der Waals surface area (Å²) in [4.78, 5) is 12.6. The van der Waals surface area contributed by atoms with Gasteiger partial charge >= 0.3 is 0 Å². The van der Waals surface area contributed by atoms with E-state index in [1.165, 1.54) is 25.0 Å². The summed E-state index contributed by atoms with van der Waals surface area (Å²) in [6.07, 6.45) is 3.22. The van der Waals surface area contributed by atoms with E-state index in [9.17, 15) is 9.18 Å². The molecule has 18 heavy (non-hydrogen) atoms. The molecule has 1 aromatic rings. The number of hydrogen-bond donors (Lipinski definition) is 0.